The fraction of sp³-hybridized carbons (Fsp3) is 0.333. The zero-order valence-corrected chi connectivity index (χ0v) is 8.45. The van der Waals surface area contributed by atoms with Crippen molar-refractivity contribution in [2.45, 2.75) is 28.9 Å². The van der Waals surface area contributed by atoms with Crippen molar-refractivity contribution in [3.63, 3.8) is 0 Å². The van der Waals surface area contributed by atoms with Crippen LogP contribution in [0.3, 0.4) is 0 Å². The monoisotopic (exact) mass is 184 g/mol. The van der Waals surface area contributed by atoms with E-state index in [0.717, 1.165) is 4.90 Å². The van der Waals surface area contributed by atoms with Gasteiger partial charge in [0.25, 0.3) is 0 Å². The highest BCUT2D eigenvalue weighted by Gasteiger charge is 2.00. The van der Waals surface area contributed by atoms with E-state index in [-0.39, 0.29) is 0 Å². The third-order valence-electron chi connectivity index (χ3n) is 1.23. The van der Waals surface area contributed by atoms with Crippen molar-refractivity contribution in [2.75, 3.05) is 0 Å². The van der Waals surface area contributed by atoms with E-state index in [9.17, 15) is 0 Å². The second-order valence-electron chi connectivity index (χ2n) is 2.63. The lowest BCUT2D eigenvalue weighted by Crippen LogP contribution is -1.86. The number of thioether (sulfide) groups is 1. The van der Waals surface area contributed by atoms with Crippen LogP contribution in [0.1, 0.15) is 13.8 Å². The van der Waals surface area contributed by atoms with Crippen LogP contribution in [0.5, 0.6) is 0 Å². The van der Waals surface area contributed by atoms with E-state index in [1.807, 2.05) is 30.0 Å². The summed E-state index contributed by atoms with van der Waals surface area (Å²) < 4.78 is 0. The molecule has 0 amide bonds. The molecule has 0 aliphatic rings. The predicted molar refractivity (Wildman–Crippen MR) is 54.7 cm³/mol. The zero-order chi connectivity index (χ0) is 8.27. The fourth-order valence-electron chi connectivity index (χ4n) is 0.811. The average Bonchev–Trinajstić information content (AvgIpc) is 1.93. The minimum absolute atomic E-state index is 0.628. The molecule has 0 heterocycles. The molecule has 1 aromatic rings. The Morgan fingerprint density at radius 2 is 1.91 bits per heavy atom. The van der Waals surface area contributed by atoms with Crippen molar-refractivity contribution in [2.24, 2.45) is 0 Å². The molecule has 0 N–H and O–H groups in total. The van der Waals surface area contributed by atoms with Gasteiger partial charge in [-0.25, -0.2) is 0 Å². The first kappa shape index (κ1) is 9.01. The van der Waals surface area contributed by atoms with E-state index in [2.05, 4.69) is 32.5 Å². The lowest BCUT2D eigenvalue weighted by molar-refractivity contribution is 1.10. The van der Waals surface area contributed by atoms with Crippen molar-refractivity contribution in [3.8, 4) is 0 Å². The maximum Gasteiger partial charge on any atom is 0.0208 e. The summed E-state index contributed by atoms with van der Waals surface area (Å²) >= 11 is 6.20. The standard InChI is InChI=1S/C9H12S2/c1-7(2)11-9-6-4-3-5-8(9)10/h3-7,10H,1-2H3. The molecule has 0 unspecified atom stereocenters. The van der Waals surface area contributed by atoms with Gasteiger partial charge in [-0.05, 0) is 12.1 Å². The third kappa shape index (κ3) is 2.80. The molecule has 11 heavy (non-hydrogen) atoms. The van der Waals surface area contributed by atoms with Crippen LogP contribution in [-0.4, -0.2) is 5.25 Å². The van der Waals surface area contributed by atoms with E-state index in [1.165, 1.54) is 4.90 Å². The van der Waals surface area contributed by atoms with Crippen molar-refractivity contribution < 1.29 is 0 Å². The van der Waals surface area contributed by atoms with Gasteiger partial charge in [-0.15, -0.1) is 24.4 Å². The molecule has 0 saturated carbocycles. The van der Waals surface area contributed by atoms with E-state index >= 15 is 0 Å². The van der Waals surface area contributed by atoms with Crippen LogP contribution in [0.15, 0.2) is 34.1 Å². The Morgan fingerprint density at radius 3 is 2.45 bits per heavy atom. The molecule has 60 valence electrons. The molecular formula is C9H12S2. The zero-order valence-electron chi connectivity index (χ0n) is 6.74. The van der Waals surface area contributed by atoms with E-state index in [4.69, 9.17) is 0 Å². The lowest BCUT2D eigenvalue weighted by Gasteiger charge is -2.06. The molecule has 0 aliphatic carbocycles. The molecular weight excluding hydrogens is 172 g/mol. The van der Waals surface area contributed by atoms with Gasteiger partial charge >= 0.3 is 0 Å². The van der Waals surface area contributed by atoms with Gasteiger partial charge in [-0.1, -0.05) is 26.0 Å². The van der Waals surface area contributed by atoms with Crippen LogP contribution in [0.4, 0.5) is 0 Å². The molecule has 0 spiro atoms. The van der Waals surface area contributed by atoms with E-state index in [0.29, 0.717) is 5.25 Å². The topological polar surface area (TPSA) is 0 Å². The third-order valence-corrected chi connectivity index (χ3v) is 2.85. The largest absolute Gasteiger partial charge is 0.142 e. The normalized spacial score (nSPS) is 10.5. The summed E-state index contributed by atoms with van der Waals surface area (Å²) in [5.74, 6) is 0. The quantitative estimate of drug-likeness (QED) is 0.542. The first-order valence-electron chi connectivity index (χ1n) is 3.65. The molecule has 0 fully saturated rings. The van der Waals surface area contributed by atoms with Gasteiger partial charge in [0, 0.05) is 15.0 Å². The maximum atomic E-state index is 4.35. The SMILES string of the molecule is CC(C)Sc1ccccc1S. The minimum atomic E-state index is 0.628. The summed E-state index contributed by atoms with van der Waals surface area (Å²) in [5.41, 5.74) is 0. The Morgan fingerprint density at radius 1 is 1.27 bits per heavy atom. The molecule has 0 nitrogen and oxygen atoms in total. The number of hydrogen-bond donors (Lipinski definition) is 1. The molecule has 0 aliphatic heterocycles. The van der Waals surface area contributed by atoms with Gasteiger partial charge in [-0.2, -0.15) is 0 Å². The Kier molecular flexibility index (Phi) is 3.34. The summed E-state index contributed by atoms with van der Waals surface area (Å²) in [6, 6.07) is 8.18. The summed E-state index contributed by atoms with van der Waals surface area (Å²) in [4.78, 5) is 2.34. The smallest absolute Gasteiger partial charge is 0.0208 e. The maximum absolute atomic E-state index is 4.35. The van der Waals surface area contributed by atoms with Crippen molar-refractivity contribution in [1.82, 2.24) is 0 Å². The fourth-order valence-corrected chi connectivity index (χ4v) is 1.98. The Hall–Kier alpha value is -0.0800. The van der Waals surface area contributed by atoms with Crippen LogP contribution in [0, 0.1) is 0 Å². The molecule has 0 radical (unpaired) electrons. The molecule has 1 aromatic carbocycles. The Labute approximate surface area is 77.8 Å². The summed E-state index contributed by atoms with van der Waals surface area (Å²) in [6.07, 6.45) is 0. The number of hydrogen-bond acceptors (Lipinski definition) is 2. The first-order valence-corrected chi connectivity index (χ1v) is 4.97. The number of rotatable bonds is 2. The van der Waals surface area contributed by atoms with Gasteiger partial charge in [0.15, 0.2) is 0 Å². The van der Waals surface area contributed by atoms with Gasteiger partial charge in [0.05, 0.1) is 0 Å². The summed E-state index contributed by atoms with van der Waals surface area (Å²) in [5, 5.41) is 0.628. The van der Waals surface area contributed by atoms with Crippen molar-refractivity contribution in [1.29, 1.82) is 0 Å². The van der Waals surface area contributed by atoms with Gasteiger partial charge in [-0.3, -0.25) is 0 Å². The van der Waals surface area contributed by atoms with Crippen LogP contribution >= 0.6 is 24.4 Å². The first-order chi connectivity index (χ1) is 5.20. The van der Waals surface area contributed by atoms with Gasteiger partial charge in [0.1, 0.15) is 0 Å². The Balaban J connectivity index is 2.78. The highest BCUT2D eigenvalue weighted by atomic mass is 32.2. The predicted octanol–water partition coefficient (Wildman–Crippen LogP) is 3.48. The highest BCUT2D eigenvalue weighted by molar-refractivity contribution is 8.00. The average molecular weight is 184 g/mol. The van der Waals surface area contributed by atoms with E-state index in [1.54, 1.807) is 0 Å². The van der Waals surface area contributed by atoms with Crippen LogP contribution in [0.25, 0.3) is 0 Å². The van der Waals surface area contributed by atoms with Crippen LogP contribution in [0.2, 0.25) is 0 Å². The lowest BCUT2D eigenvalue weighted by atomic mass is 10.4. The summed E-state index contributed by atoms with van der Waals surface area (Å²) in [6.45, 7) is 4.37. The molecule has 0 aromatic heterocycles. The van der Waals surface area contributed by atoms with Gasteiger partial charge < -0.3 is 0 Å². The van der Waals surface area contributed by atoms with Crippen LogP contribution in [-0.2, 0) is 0 Å². The highest BCUT2D eigenvalue weighted by Crippen LogP contribution is 2.28. The second-order valence-corrected chi connectivity index (χ2v) is 4.73. The molecule has 0 atom stereocenters. The van der Waals surface area contributed by atoms with Crippen LogP contribution < -0.4 is 0 Å². The van der Waals surface area contributed by atoms with E-state index < -0.39 is 0 Å². The van der Waals surface area contributed by atoms with Crippen molar-refractivity contribution in [3.05, 3.63) is 24.3 Å². The molecule has 1 rings (SSSR count). The molecule has 0 bridgehead atoms. The number of benzene rings is 1. The van der Waals surface area contributed by atoms with Crippen molar-refractivity contribution >= 4 is 24.4 Å². The summed E-state index contributed by atoms with van der Waals surface area (Å²) in [7, 11) is 0. The molecule has 0 saturated heterocycles. The Bertz CT molecular complexity index is 231. The molecule has 2 heteroatoms. The second kappa shape index (κ2) is 4.07. The minimum Gasteiger partial charge on any atom is -0.142 e. The number of thiol groups is 1. The van der Waals surface area contributed by atoms with Gasteiger partial charge in [0.2, 0.25) is 0 Å².